The Morgan fingerprint density at radius 1 is 1.05 bits per heavy atom. The molecule has 0 atom stereocenters. The van der Waals surface area contributed by atoms with Crippen LogP contribution in [0.25, 0.3) is 6.08 Å². The van der Waals surface area contributed by atoms with Gasteiger partial charge in [0.05, 0.1) is 21.4 Å². The van der Waals surface area contributed by atoms with Crippen molar-refractivity contribution in [3.63, 3.8) is 0 Å². The van der Waals surface area contributed by atoms with E-state index in [1.54, 1.807) is 31.2 Å². The number of carbonyl (C=O) groups is 4. The van der Waals surface area contributed by atoms with Crippen molar-refractivity contribution < 1.29 is 38.1 Å². The van der Waals surface area contributed by atoms with Crippen LogP contribution in [0.3, 0.4) is 0 Å². The van der Waals surface area contributed by atoms with Gasteiger partial charge in [0, 0.05) is 0 Å². The summed E-state index contributed by atoms with van der Waals surface area (Å²) < 4.78 is 25.7. The number of carboxylic acids is 1. The molecule has 0 saturated carbocycles. The molecule has 2 N–H and O–H groups in total. The van der Waals surface area contributed by atoms with Crippen molar-refractivity contribution in [3.8, 4) is 11.5 Å². The van der Waals surface area contributed by atoms with Crippen LogP contribution in [-0.4, -0.2) is 35.5 Å². The number of nitrogens with one attached hydrogen (secondary N) is 1. The number of ether oxygens (including phenoxy) is 2. The Hall–Kier alpha value is -4.26. The van der Waals surface area contributed by atoms with Crippen molar-refractivity contribution in [2.24, 2.45) is 0 Å². The lowest BCUT2D eigenvalue weighted by atomic mass is 10.1. The Bertz CT molecular complexity index is 1450. The number of aromatic carboxylic acids is 1. The maximum Gasteiger partial charge on any atom is 0.335 e. The number of hydrogen-bond acceptors (Lipinski definition) is 6. The molecule has 0 aromatic heterocycles. The van der Waals surface area contributed by atoms with E-state index in [1.165, 1.54) is 30.3 Å². The summed E-state index contributed by atoms with van der Waals surface area (Å²) in [5.41, 5.74) is 1.17. The summed E-state index contributed by atoms with van der Waals surface area (Å²) >= 11 is 2.03. The van der Waals surface area contributed by atoms with E-state index < -0.39 is 29.6 Å². The minimum atomic E-state index is -1.02. The van der Waals surface area contributed by atoms with Crippen LogP contribution in [0.5, 0.6) is 11.5 Å². The minimum Gasteiger partial charge on any atom is -0.490 e. The first kappa shape index (κ1) is 26.8. The minimum absolute atomic E-state index is 0.108. The summed E-state index contributed by atoms with van der Waals surface area (Å²) in [6.45, 7) is 2.24. The van der Waals surface area contributed by atoms with Crippen LogP contribution in [0.15, 0.2) is 66.2 Å². The van der Waals surface area contributed by atoms with Crippen LogP contribution < -0.4 is 19.7 Å². The fourth-order valence-corrected chi connectivity index (χ4v) is 4.40. The number of carboxylic acid groups (broad SMARTS) is 1. The number of carbonyl (C=O) groups excluding carboxylic acids is 3. The van der Waals surface area contributed by atoms with Crippen molar-refractivity contribution in [2.45, 2.75) is 13.5 Å². The lowest BCUT2D eigenvalue weighted by Gasteiger charge is -2.26. The van der Waals surface area contributed by atoms with Crippen molar-refractivity contribution in [1.29, 1.82) is 0 Å². The number of benzene rings is 3. The standard InChI is InChI=1S/C27H20FIN2O7/c1-2-37-22-13-16(12-21(29)23(22)38-14-15-3-5-17(6-4-15)26(34)35)11-20-24(32)30-27(36)31(25(20)33)19-9-7-18(28)8-10-19/h3-13H,2,14H2,1H3,(H,34,35)(H,30,32,36)/b20-11+. The second kappa shape index (κ2) is 11.4. The van der Waals surface area contributed by atoms with Gasteiger partial charge in [0.25, 0.3) is 11.8 Å². The van der Waals surface area contributed by atoms with Crippen LogP contribution in [-0.2, 0) is 16.2 Å². The van der Waals surface area contributed by atoms with Crippen LogP contribution in [0.2, 0.25) is 0 Å². The van der Waals surface area contributed by atoms with Gasteiger partial charge in [0.1, 0.15) is 18.0 Å². The largest absolute Gasteiger partial charge is 0.490 e. The molecule has 1 aliphatic heterocycles. The first-order chi connectivity index (χ1) is 18.2. The van der Waals surface area contributed by atoms with Crippen molar-refractivity contribution in [3.05, 3.63) is 92.3 Å². The maximum absolute atomic E-state index is 13.3. The van der Waals surface area contributed by atoms with Gasteiger partial charge in [-0.2, -0.15) is 0 Å². The highest BCUT2D eigenvalue weighted by Gasteiger charge is 2.36. The zero-order valence-corrected chi connectivity index (χ0v) is 22.0. The number of hydrogen-bond donors (Lipinski definition) is 2. The Balaban J connectivity index is 1.62. The van der Waals surface area contributed by atoms with Crippen molar-refractivity contribution in [2.75, 3.05) is 11.5 Å². The Kier molecular flexibility index (Phi) is 8.05. The van der Waals surface area contributed by atoms with Crippen LogP contribution in [0, 0.1) is 9.39 Å². The molecule has 11 heteroatoms. The van der Waals surface area contributed by atoms with Crippen molar-refractivity contribution in [1.82, 2.24) is 5.32 Å². The van der Waals surface area contributed by atoms with Gasteiger partial charge < -0.3 is 14.6 Å². The van der Waals surface area contributed by atoms with Gasteiger partial charge in [-0.05, 0) is 95.2 Å². The fraction of sp³-hybridized carbons (Fsp3) is 0.111. The van der Waals surface area contributed by atoms with Gasteiger partial charge in [-0.3, -0.25) is 14.9 Å². The van der Waals surface area contributed by atoms with Gasteiger partial charge >= 0.3 is 12.0 Å². The Morgan fingerprint density at radius 3 is 2.37 bits per heavy atom. The number of nitrogens with zero attached hydrogens (tertiary/aromatic N) is 1. The molecule has 38 heavy (non-hydrogen) atoms. The van der Waals surface area contributed by atoms with Crippen LogP contribution >= 0.6 is 22.6 Å². The van der Waals surface area contributed by atoms with Gasteiger partial charge in [-0.1, -0.05) is 12.1 Å². The molecule has 1 aliphatic rings. The summed E-state index contributed by atoms with van der Waals surface area (Å²) in [5.74, 6) is -2.49. The molecule has 0 bridgehead atoms. The highest BCUT2D eigenvalue weighted by Crippen LogP contribution is 2.36. The van der Waals surface area contributed by atoms with E-state index in [0.29, 0.717) is 27.2 Å². The first-order valence-corrected chi connectivity index (χ1v) is 12.3. The molecule has 1 saturated heterocycles. The predicted molar refractivity (Wildman–Crippen MR) is 143 cm³/mol. The summed E-state index contributed by atoms with van der Waals surface area (Å²) in [6.07, 6.45) is 1.33. The maximum atomic E-state index is 13.3. The third-order valence-electron chi connectivity index (χ3n) is 5.41. The molecule has 0 aliphatic carbocycles. The smallest absolute Gasteiger partial charge is 0.335 e. The van der Waals surface area contributed by atoms with Gasteiger partial charge in [0.15, 0.2) is 11.5 Å². The lowest BCUT2D eigenvalue weighted by molar-refractivity contribution is -0.122. The third kappa shape index (κ3) is 5.83. The number of amides is 4. The van der Waals surface area contributed by atoms with E-state index >= 15 is 0 Å². The molecule has 1 heterocycles. The number of anilines is 1. The molecule has 1 fully saturated rings. The monoisotopic (exact) mass is 630 g/mol. The quantitative estimate of drug-likeness (QED) is 0.209. The van der Waals surface area contributed by atoms with Gasteiger partial charge in [-0.25, -0.2) is 18.9 Å². The number of urea groups is 1. The molecular formula is C27H20FIN2O7. The number of rotatable bonds is 8. The summed E-state index contributed by atoms with van der Waals surface area (Å²) in [5, 5.41) is 11.2. The molecule has 0 unspecified atom stereocenters. The van der Waals surface area contributed by atoms with E-state index in [4.69, 9.17) is 14.6 Å². The van der Waals surface area contributed by atoms with Crippen LogP contribution in [0.4, 0.5) is 14.9 Å². The summed E-state index contributed by atoms with van der Waals surface area (Å²) in [6, 6.07) is 13.3. The molecule has 4 amide bonds. The average Bonchev–Trinajstić information content (AvgIpc) is 2.87. The summed E-state index contributed by atoms with van der Waals surface area (Å²) in [4.78, 5) is 49.8. The SMILES string of the molecule is CCOc1cc(/C=C2\C(=O)NC(=O)N(c3ccc(F)cc3)C2=O)cc(I)c1OCc1ccc(C(=O)O)cc1. The molecule has 3 aromatic carbocycles. The van der Waals surface area contributed by atoms with Crippen LogP contribution in [0.1, 0.15) is 28.4 Å². The van der Waals surface area contributed by atoms with E-state index in [1.807, 2.05) is 22.6 Å². The molecule has 0 spiro atoms. The van der Waals surface area contributed by atoms with Gasteiger partial charge in [-0.15, -0.1) is 0 Å². The van der Waals surface area contributed by atoms with E-state index in [0.717, 1.165) is 22.6 Å². The number of halogens is 2. The second-order valence-corrected chi connectivity index (χ2v) is 9.15. The molecule has 194 valence electrons. The molecule has 4 rings (SSSR count). The van der Waals surface area contributed by atoms with Gasteiger partial charge in [0.2, 0.25) is 0 Å². The topological polar surface area (TPSA) is 122 Å². The zero-order chi connectivity index (χ0) is 27.4. The highest BCUT2D eigenvalue weighted by atomic mass is 127. The van der Waals surface area contributed by atoms with E-state index in [-0.39, 0.29) is 23.4 Å². The summed E-state index contributed by atoms with van der Waals surface area (Å²) in [7, 11) is 0. The first-order valence-electron chi connectivity index (χ1n) is 11.3. The zero-order valence-electron chi connectivity index (χ0n) is 19.9. The number of barbiturate groups is 1. The van der Waals surface area contributed by atoms with E-state index in [9.17, 15) is 23.6 Å². The lowest BCUT2D eigenvalue weighted by Crippen LogP contribution is -2.54. The highest BCUT2D eigenvalue weighted by molar-refractivity contribution is 14.1. The molecule has 0 radical (unpaired) electrons. The molecule has 9 nitrogen and oxygen atoms in total. The predicted octanol–water partition coefficient (Wildman–Crippen LogP) is 4.77. The normalized spacial score (nSPS) is 14.4. The third-order valence-corrected chi connectivity index (χ3v) is 6.21. The fourth-order valence-electron chi connectivity index (χ4n) is 3.62. The van der Waals surface area contributed by atoms with E-state index in [2.05, 4.69) is 5.32 Å². The Morgan fingerprint density at radius 2 is 1.74 bits per heavy atom. The Labute approximate surface area is 230 Å². The second-order valence-electron chi connectivity index (χ2n) is 7.99. The number of imide groups is 2. The molecular weight excluding hydrogens is 610 g/mol. The molecule has 3 aromatic rings. The average molecular weight is 630 g/mol. The van der Waals surface area contributed by atoms with Crippen molar-refractivity contribution >= 4 is 58.2 Å².